The first-order valence-corrected chi connectivity index (χ1v) is 12.9. The summed E-state index contributed by atoms with van der Waals surface area (Å²) in [6.07, 6.45) is 13.0. The number of hydrogen-bond acceptors (Lipinski definition) is 5. The van der Waals surface area contributed by atoms with Crippen LogP contribution in [-0.2, 0) is 17.8 Å². The van der Waals surface area contributed by atoms with Gasteiger partial charge in [0.2, 0.25) is 5.91 Å². The molecular weight excluding hydrogens is 474 g/mol. The lowest BCUT2D eigenvalue weighted by Crippen LogP contribution is -2.47. The second kappa shape index (κ2) is 8.70. The maximum Gasteiger partial charge on any atom is 0.236 e. The highest BCUT2D eigenvalue weighted by Crippen LogP contribution is 2.61. The van der Waals surface area contributed by atoms with Crippen molar-refractivity contribution in [3.63, 3.8) is 0 Å². The van der Waals surface area contributed by atoms with Gasteiger partial charge in [-0.05, 0) is 89.8 Å². The molecule has 8 heteroatoms. The first-order chi connectivity index (χ1) is 15.0. The van der Waals surface area contributed by atoms with Crippen LogP contribution in [0.1, 0.15) is 44.3 Å². The molecule has 0 atom stereocenters. The van der Waals surface area contributed by atoms with Gasteiger partial charge in [-0.3, -0.25) is 4.79 Å². The van der Waals surface area contributed by atoms with E-state index in [1.54, 1.807) is 12.3 Å². The second-order valence-electron chi connectivity index (χ2n) is 9.59. The molecule has 0 unspecified atom stereocenters. The van der Waals surface area contributed by atoms with Crippen LogP contribution in [0.15, 0.2) is 40.6 Å². The number of amides is 1. The molecule has 2 aromatic heterocycles. The fourth-order valence-electron chi connectivity index (χ4n) is 6.47. The molecule has 4 saturated carbocycles. The SMILES string of the molecule is C=CCn1c(CC23CC4CC(CC(C4)C2)C3)nnc1SCC(=O)Nc1ccc(Br)cn1. The van der Waals surface area contributed by atoms with Gasteiger partial charge in [0, 0.05) is 23.6 Å². The van der Waals surface area contributed by atoms with Gasteiger partial charge in [-0.2, -0.15) is 0 Å². The lowest BCUT2D eigenvalue weighted by atomic mass is 9.49. The molecule has 1 amide bonds. The van der Waals surface area contributed by atoms with Crippen LogP contribution in [-0.4, -0.2) is 31.4 Å². The minimum Gasteiger partial charge on any atom is -0.310 e. The zero-order chi connectivity index (χ0) is 21.4. The fraction of sp³-hybridized carbons (Fsp3) is 0.565. The van der Waals surface area contributed by atoms with Crippen molar-refractivity contribution < 1.29 is 4.79 Å². The number of carbonyl (C=O) groups is 1. The number of rotatable bonds is 8. The number of aromatic nitrogens is 4. The number of carbonyl (C=O) groups excluding carboxylic acids is 1. The number of anilines is 1. The molecule has 0 saturated heterocycles. The second-order valence-corrected chi connectivity index (χ2v) is 11.4. The van der Waals surface area contributed by atoms with Gasteiger partial charge >= 0.3 is 0 Å². The number of allylic oxidation sites excluding steroid dienone is 1. The molecule has 1 N–H and O–H groups in total. The minimum absolute atomic E-state index is 0.101. The van der Waals surface area contributed by atoms with Gasteiger partial charge in [0.1, 0.15) is 11.6 Å². The zero-order valence-corrected chi connectivity index (χ0v) is 20.0. The highest BCUT2D eigenvalue weighted by atomic mass is 79.9. The summed E-state index contributed by atoms with van der Waals surface area (Å²) in [6.45, 7) is 4.60. The number of hydrogen-bond donors (Lipinski definition) is 1. The molecule has 4 fully saturated rings. The summed E-state index contributed by atoms with van der Waals surface area (Å²) in [4.78, 5) is 16.6. The van der Waals surface area contributed by atoms with E-state index in [0.29, 0.717) is 17.8 Å². The van der Waals surface area contributed by atoms with Gasteiger partial charge in [0.15, 0.2) is 5.16 Å². The maximum atomic E-state index is 12.4. The molecule has 0 aliphatic heterocycles. The topological polar surface area (TPSA) is 72.7 Å². The normalized spacial score (nSPS) is 28.6. The highest BCUT2D eigenvalue weighted by Gasteiger charge is 2.51. The Morgan fingerprint density at radius 3 is 2.55 bits per heavy atom. The molecule has 0 spiro atoms. The van der Waals surface area contributed by atoms with Crippen LogP contribution >= 0.6 is 27.7 Å². The van der Waals surface area contributed by atoms with E-state index in [9.17, 15) is 4.79 Å². The smallest absolute Gasteiger partial charge is 0.236 e. The molecule has 4 bridgehead atoms. The maximum absolute atomic E-state index is 12.4. The molecule has 4 aliphatic rings. The summed E-state index contributed by atoms with van der Waals surface area (Å²) in [5.74, 6) is 4.54. The number of thioether (sulfide) groups is 1. The van der Waals surface area contributed by atoms with Crippen LogP contribution in [0.4, 0.5) is 5.82 Å². The number of nitrogens with one attached hydrogen (secondary N) is 1. The van der Waals surface area contributed by atoms with Crippen molar-refractivity contribution in [2.24, 2.45) is 23.2 Å². The molecule has 0 radical (unpaired) electrons. The molecule has 2 heterocycles. The van der Waals surface area contributed by atoms with Crippen LogP contribution in [0, 0.1) is 23.2 Å². The Bertz CT molecular complexity index is 938. The van der Waals surface area contributed by atoms with Crippen LogP contribution in [0.3, 0.4) is 0 Å². The van der Waals surface area contributed by atoms with E-state index in [2.05, 4.69) is 47.6 Å². The van der Waals surface area contributed by atoms with Gasteiger partial charge in [-0.15, -0.1) is 16.8 Å². The highest BCUT2D eigenvalue weighted by molar-refractivity contribution is 9.10. The Kier molecular flexibility index (Phi) is 5.94. The van der Waals surface area contributed by atoms with E-state index < -0.39 is 0 Å². The van der Waals surface area contributed by atoms with Gasteiger partial charge in [-0.1, -0.05) is 17.8 Å². The van der Waals surface area contributed by atoms with E-state index in [0.717, 1.165) is 39.6 Å². The average molecular weight is 502 g/mol. The monoisotopic (exact) mass is 501 g/mol. The van der Waals surface area contributed by atoms with Gasteiger partial charge in [0.25, 0.3) is 0 Å². The summed E-state index contributed by atoms with van der Waals surface area (Å²) in [6, 6.07) is 3.63. The summed E-state index contributed by atoms with van der Waals surface area (Å²) >= 11 is 4.77. The Morgan fingerprint density at radius 1 is 1.23 bits per heavy atom. The molecule has 6 rings (SSSR count). The number of pyridine rings is 1. The zero-order valence-electron chi connectivity index (χ0n) is 17.6. The molecule has 4 aliphatic carbocycles. The molecule has 31 heavy (non-hydrogen) atoms. The third-order valence-electron chi connectivity index (χ3n) is 7.13. The summed E-state index contributed by atoms with van der Waals surface area (Å²) in [5.41, 5.74) is 0.410. The molecular formula is C23H28BrN5OS. The predicted octanol–water partition coefficient (Wildman–Crippen LogP) is 5.11. The van der Waals surface area contributed by atoms with Crippen molar-refractivity contribution in [2.75, 3.05) is 11.1 Å². The molecule has 164 valence electrons. The Labute approximate surface area is 195 Å². The van der Waals surface area contributed by atoms with Crippen molar-refractivity contribution >= 4 is 39.4 Å². The van der Waals surface area contributed by atoms with Gasteiger partial charge < -0.3 is 9.88 Å². The lowest BCUT2D eigenvalue weighted by molar-refractivity contribution is -0.113. The van der Waals surface area contributed by atoms with Crippen LogP contribution in [0.5, 0.6) is 0 Å². The van der Waals surface area contributed by atoms with E-state index in [1.165, 1.54) is 50.3 Å². The van der Waals surface area contributed by atoms with Gasteiger partial charge in [-0.25, -0.2) is 4.98 Å². The summed E-state index contributed by atoms with van der Waals surface area (Å²) in [5, 5.41) is 12.6. The van der Waals surface area contributed by atoms with E-state index in [1.807, 2.05) is 12.1 Å². The first kappa shape index (κ1) is 21.2. The van der Waals surface area contributed by atoms with E-state index >= 15 is 0 Å². The minimum atomic E-state index is -0.101. The lowest BCUT2D eigenvalue weighted by Gasteiger charge is -2.56. The van der Waals surface area contributed by atoms with Crippen LogP contribution in [0.25, 0.3) is 0 Å². The largest absolute Gasteiger partial charge is 0.310 e. The molecule has 6 nitrogen and oxygen atoms in total. The van der Waals surface area contributed by atoms with Crippen molar-refractivity contribution in [3.05, 3.63) is 41.3 Å². The first-order valence-electron chi connectivity index (χ1n) is 11.1. The molecule has 0 aromatic carbocycles. The van der Waals surface area contributed by atoms with Crippen molar-refractivity contribution in [3.8, 4) is 0 Å². The number of halogens is 1. The van der Waals surface area contributed by atoms with E-state index in [-0.39, 0.29) is 11.7 Å². The van der Waals surface area contributed by atoms with Crippen molar-refractivity contribution in [1.82, 2.24) is 19.7 Å². The Morgan fingerprint density at radius 2 is 1.94 bits per heavy atom. The van der Waals surface area contributed by atoms with Crippen molar-refractivity contribution in [2.45, 2.75) is 56.6 Å². The number of nitrogens with zero attached hydrogens (tertiary/aromatic N) is 4. The van der Waals surface area contributed by atoms with Gasteiger partial charge in [0.05, 0.1) is 5.75 Å². The Hall–Kier alpha value is -1.67. The third-order valence-corrected chi connectivity index (χ3v) is 8.57. The quantitative estimate of drug-likeness (QED) is 0.401. The van der Waals surface area contributed by atoms with Crippen molar-refractivity contribution in [1.29, 1.82) is 0 Å². The summed E-state index contributed by atoms with van der Waals surface area (Å²) in [7, 11) is 0. The predicted molar refractivity (Wildman–Crippen MR) is 126 cm³/mol. The van der Waals surface area contributed by atoms with Crippen LogP contribution < -0.4 is 5.32 Å². The standard InChI is InChI=1S/C23H28BrN5OS/c1-2-5-29-20(12-23-9-15-6-16(10-23)8-17(7-15)11-23)27-28-22(29)31-14-21(30)26-19-4-3-18(24)13-25-19/h2-4,13,15-17H,1,5-12,14H2,(H,25,26,30). The third kappa shape index (κ3) is 4.60. The average Bonchev–Trinajstić information content (AvgIpc) is 3.08. The summed E-state index contributed by atoms with van der Waals surface area (Å²) < 4.78 is 3.03. The molecule has 2 aromatic rings. The Balaban J connectivity index is 1.25. The fourth-order valence-corrected chi connectivity index (χ4v) is 7.47. The van der Waals surface area contributed by atoms with Crippen LogP contribution in [0.2, 0.25) is 0 Å². The van der Waals surface area contributed by atoms with E-state index in [4.69, 9.17) is 0 Å².